The van der Waals surface area contributed by atoms with Gasteiger partial charge in [-0.15, -0.1) is 0 Å². The van der Waals surface area contributed by atoms with Crippen molar-refractivity contribution < 1.29 is 14.0 Å². The third-order valence-corrected chi connectivity index (χ3v) is 5.40. The molecule has 0 radical (unpaired) electrons. The lowest BCUT2D eigenvalue weighted by Gasteiger charge is -2.16. The molecule has 0 bridgehead atoms. The molecule has 3 aromatic carbocycles. The molecule has 0 aromatic heterocycles. The van der Waals surface area contributed by atoms with Crippen molar-refractivity contribution in [1.29, 1.82) is 0 Å². The number of rotatable bonds is 5. The van der Waals surface area contributed by atoms with Gasteiger partial charge in [-0.1, -0.05) is 59.7 Å². The van der Waals surface area contributed by atoms with E-state index in [2.05, 4.69) is 5.32 Å². The van der Waals surface area contributed by atoms with Crippen molar-refractivity contribution in [2.24, 2.45) is 0 Å². The molecule has 1 heterocycles. The Balaban J connectivity index is 1.75. The molecule has 0 saturated heterocycles. The molecule has 0 unspecified atom stereocenters. The van der Waals surface area contributed by atoms with Crippen molar-refractivity contribution in [3.63, 3.8) is 0 Å². The Morgan fingerprint density at radius 1 is 0.806 bits per heavy atom. The minimum atomic E-state index is -0.401. The minimum absolute atomic E-state index is 0.167. The van der Waals surface area contributed by atoms with Gasteiger partial charge in [0.05, 0.1) is 12.1 Å². The number of halogens is 1. The maximum Gasteiger partial charge on any atom is 0.278 e. The Hall–Kier alpha value is -3.73. The molecule has 1 N–H and O–H groups in total. The van der Waals surface area contributed by atoms with Crippen LogP contribution in [0.25, 0.3) is 5.57 Å². The fraction of sp³-hybridized carbons (Fsp3) is 0.154. The SMILES string of the molecule is Cc1ccc(CN2C(=O)C(Nc3ccc(C)cc3C)=C(c3ccc(F)cc3)C2=O)cc1. The highest BCUT2D eigenvalue weighted by Crippen LogP contribution is 2.32. The summed E-state index contributed by atoms with van der Waals surface area (Å²) in [6.07, 6.45) is 0. The van der Waals surface area contributed by atoms with Crippen LogP contribution >= 0.6 is 0 Å². The molecule has 31 heavy (non-hydrogen) atoms. The van der Waals surface area contributed by atoms with Gasteiger partial charge < -0.3 is 5.32 Å². The lowest BCUT2D eigenvalue weighted by Crippen LogP contribution is -2.32. The first-order valence-electron chi connectivity index (χ1n) is 10.1. The van der Waals surface area contributed by atoms with Crippen LogP contribution in [-0.4, -0.2) is 16.7 Å². The van der Waals surface area contributed by atoms with E-state index in [0.29, 0.717) is 5.56 Å². The summed E-state index contributed by atoms with van der Waals surface area (Å²) in [6, 6.07) is 19.2. The number of carbonyl (C=O) groups excluding carboxylic acids is 2. The van der Waals surface area contributed by atoms with E-state index in [1.165, 1.54) is 29.2 Å². The van der Waals surface area contributed by atoms with Crippen molar-refractivity contribution >= 4 is 23.1 Å². The van der Waals surface area contributed by atoms with Crippen LogP contribution in [0.15, 0.2) is 72.4 Å². The summed E-state index contributed by atoms with van der Waals surface area (Å²) in [4.78, 5) is 27.9. The highest BCUT2D eigenvalue weighted by atomic mass is 19.1. The van der Waals surface area contributed by atoms with Gasteiger partial charge in [-0.25, -0.2) is 4.39 Å². The molecule has 2 amide bonds. The fourth-order valence-electron chi connectivity index (χ4n) is 3.68. The van der Waals surface area contributed by atoms with E-state index in [4.69, 9.17) is 0 Å². The third-order valence-electron chi connectivity index (χ3n) is 5.40. The molecule has 1 aliphatic heterocycles. The van der Waals surface area contributed by atoms with E-state index < -0.39 is 17.6 Å². The Kier molecular flexibility index (Phi) is 5.42. The van der Waals surface area contributed by atoms with Crippen LogP contribution in [-0.2, 0) is 16.1 Å². The standard InChI is InChI=1S/C26H23FN2O2/c1-16-4-7-19(8-5-16)15-29-25(30)23(20-9-11-21(27)12-10-20)24(26(29)31)28-22-13-6-17(2)14-18(22)3/h4-14,28H,15H2,1-3H3. The quantitative estimate of drug-likeness (QED) is 0.588. The topological polar surface area (TPSA) is 49.4 Å². The summed E-state index contributed by atoms with van der Waals surface area (Å²) in [5.74, 6) is -1.20. The number of amides is 2. The van der Waals surface area contributed by atoms with Crippen LogP contribution in [0.5, 0.6) is 0 Å². The second kappa shape index (κ2) is 8.19. The number of nitrogens with one attached hydrogen (secondary N) is 1. The van der Waals surface area contributed by atoms with Gasteiger partial charge in [0, 0.05) is 5.69 Å². The molecule has 0 aliphatic carbocycles. The van der Waals surface area contributed by atoms with Crippen molar-refractivity contribution in [2.75, 3.05) is 5.32 Å². The number of aryl methyl sites for hydroxylation is 3. The third kappa shape index (κ3) is 4.12. The summed E-state index contributed by atoms with van der Waals surface area (Å²) in [6.45, 7) is 6.09. The maximum absolute atomic E-state index is 13.5. The number of nitrogens with zero attached hydrogens (tertiary/aromatic N) is 1. The van der Waals surface area contributed by atoms with Gasteiger partial charge in [0.15, 0.2) is 0 Å². The van der Waals surface area contributed by atoms with Crippen LogP contribution in [0.1, 0.15) is 27.8 Å². The largest absolute Gasteiger partial charge is 0.350 e. The zero-order valence-electron chi connectivity index (χ0n) is 17.7. The van der Waals surface area contributed by atoms with Gasteiger partial charge in [0.1, 0.15) is 11.5 Å². The minimum Gasteiger partial charge on any atom is -0.350 e. The van der Waals surface area contributed by atoms with Gasteiger partial charge in [0.25, 0.3) is 11.8 Å². The first-order chi connectivity index (χ1) is 14.8. The van der Waals surface area contributed by atoms with E-state index >= 15 is 0 Å². The number of imide groups is 1. The normalized spacial score (nSPS) is 13.9. The lowest BCUT2D eigenvalue weighted by atomic mass is 10.0. The molecular weight excluding hydrogens is 391 g/mol. The first-order valence-corrected chi connectivity index (χ1v) is 10.1. The number of hydrogen-bond acceptors (Lipinski definition) is 3. The van der Waals surface area contributed by atoms with E-state index in [1.807, 2.05) is 63.2 Å². The summed E-state index contributed by atoms with van der Waals surface area (Å²) in [5.41, 5.74) is 5.72. The Labute approximate surface area is 181 Å². The van der Waals surface area contributed by atoms with Gasteiger partial charge in [-0.3, -0.25) is 14.5 Å². The smallest absolute Gasteiger partial charge is 0.278 e. The molecule has 156 valence electrons. The zero-order valence-corrected chi connectivity index (χ0v) is 17.7. The van der Waals surface area contributed by atoms with Crippen LogP contribution < -0.4 is 5.32 Å². The van der Waals surface area contributed by atoms with E-state index in [0.717, 1.165) is 27.9 Å². The van der Waals surface area contributed by atoms with E-state index in [9.17, 15) is 14.0 Å². The van der Waals surface area contributed by atoms with Crippen molar-refractivity contribution in [1.82, 2.24) is 4.90 Å². The number of hydrogen-bond donors (Lipinski definition) is 1. The van der Waals surface area contributed by atoms with Crippen LogP contribution in [0, 0.1) is 26.6 Å². The molecular formula is C26H23FN2O2. The number of carbonyl (C=O) groups is 2. The lowest BCUT2D eigenvalue weighted by molar-refractivity contribution is -0.137. The molecule has 0 spiro atoms. The first kappa shape index (κ1) is 20.5. The zero-order chi connectivity index (χ0) is 22.1. The predicted molar refractivity (Wildman–Crippen MR) is 120 cm³/mol. The van der Waals surface area contributed by atoms with Crippen molar-refractivity contribution in [2.45, 2.75) is 27.3 Å². The molecule has 1 aliphatic rings. The van der Waals surface area contributed by atoms with Crippen molar-refractivity contribution in [3.8, 4) is 0 Å². The highest BCUT2D eigenvalue weighted by Gasteiger charge is 2.39. The Morgan fingerprint density at radius 2 is 1.45 bits per heavy atom. The Morgan fingerprint density at radius 3 is 2.10 bits per heavy atom. The van der Waals surface area contributed by atoms with Gasteiger partial charge in [-0.05, 0) is 55.7 Å². The molecule has 0 fully saturated rings. The second-order valence-electron chi connectivity index (χ2n) is 7.88. The number of anilines is 1. The van der Waals surface area contributed by atoms with E-state index in [1.54, 1.807) is 0 Å². The van der Waals surface area contributed by atoms with Crippen LogP contribution in [0.3, 0.4) is 0 Å². The molecule has 0 atom stereocenters. The molecule has 3 aromatic rings. The maximum atomic E-state index is 13.5. The predicted octanol–water partition coefficient (Wildman–Crippen LogP) is 5.14. The van der Waals surface area contributed by atoms with Crippen molar-refractivity contribution in [3.05, 3.63) is 106 Å². The summed E-state index contributed by atoms with van der Waals surface area (Å²) >= 11 is 0. The average molecular weight is 414 g/mol. The van der Waals surface area contributed by atoms with Gasteiger partial charge >= 0.3 is 0 Å². The fourth-order valence-corrected chi connectivity index (χ4v) is 3.68. The van der Waals surface area contributed by atoms with Crippen LogP contribution in [0.2, 0.25) is 0 Å². The average Bonchev–Trinajstić information content (AvgIpc) is 2.96. The highest BCUT2D eigenvalue weighted by molar-refractivity contribution is 6.36. The molecule has 4 rings (SSSR count). The van der Waals surface area contributed by atoms with E-state index in [-0.39, 0.29) is 17.8 Å². The summed E-state index contributed by atoms with van der Waals surface area (Å²) < 4.78 is 13.5. The molecule has 0 saturated carbocycles. The summed E-state index contributed by atoms with van der Waals surface area (Å²) in [7, 11) is 0. The van der Waals surface area contributed by atoms with Crippen LogP contribution in [0.4, 0.5) is 10.1 Å². The van der Waals surface area contributed by atoms with Gasteiger partial charge in [0.2, 0.25) is 0 Å². The summed E-state index contributed by atoms with van der Waals surface area (Å²) in [5, 5.41) is 3.18. The second-order valence-corrected chi connectivity index (χ2v) is 7.88. The monoisotopic (exact) mass is 414 g/mol. The molecule has 5 heteroatoms. The Bertz CT molecular complexity index is 1200. The van der Waals surface area contributed by atoms with Gasteiger partial charge in [-0.2, -0.15) is 0 Å². The number of benzene rings is 3. The molecule has 4 nitrogen and oxygen atoms in total.